The lowest BCUT2D eigenvalue weighted by Gasteiger charge is -2.08. The Kier molecular flexibility index (Phi) is 7.11. The normalized spacial score (nSPS) is 11.5. The molecule has 0 aliphatic heterocycles. The van der Waals surface area contributed by atoms with Crippen LogP contribution in [0.5, 0.6) is 5.75 Å². The minimum absolute atomic E-state index is 0.0365. The Morgan fingerprint density at radius 2 is 1.97 bits per heavy atom. The molecule has 1 aromatic carbocycles. The van der Waals surface area contributed by atoms with Gasteiger partial charge in [-0.2, -0.15) is 23.4 Å². The van der Waals surface area contributed by atoms with Crippen LogP contribution < -0.4 is 10.1 Å². The summed E-state index contributed by atoms with van der Waals surface area (Å²) in [5, 5.41) is 11.2. The number of nitrogens with one attached hydrogen (secondary N) is 1. The molecule has 3 aromatic rings. The van der Waals surface area contributed by atoms with Crippen LogP contribution in [0.15, 0.2) is 36.5 Å². The number of nitrogens with zero attached hydrogens (tertiary/aromatic N) is 4. The molecule has 2 heterocycles. The third-order valence-electron chi connectivity index (χ3n) is 4.22. The summed E-state index contributed by atoms with van der Waals surface area (Å²) < 4.78 is 46.3. The van der Waals surface area contributed by atoms with Gasteiger partial charge in [-0.1, -0.05) is 23.2 Å². The summed E-state index contributed by atoms with van der Waals surface area (Å²) in [6.07, 6.45) is -2.50. The average molecular weight is 476 g/mol. The molecular formula is C19H18Cl2F3N5O2. The number of aromatic nitrogens is 4. The minimum Gasteiger partial charge on any atom is -0.470 e. The Balaban J connectivity index is 1.45. The highest BCUT2D eigenvalue weighted by atomic mass is 35.5. The molecule has 0 bridgehead atoms. The zero-order chi connectivity index (χ0) is 22.6. The molecule has 0 saturated heterocycles. The van der Waals surface area contributed by atoms with Crippen LogP contribution in [-0.4, -0.2) is 32.0 Å². The van der Waals surface area contributed by atoms with Crippen LogP contribution >= 0.6 is 23.2 Å². The molecule has 12 heteroatoms. The maximum Gasteiger partial charge on any atom is 0.435 e. The molecule has 0 atom stereocenters. The van der Waals surface area contributed by atoms with Crippen LogP contribution in [0.4, 0.5) is 13.2 Å². The van der Waals surface area contributed by atoms with Crippen molar-refractivity contribution in [3.05, 3.63) is 63.7 Å². The van der Waals surface area contributed by atoms with Crippen LogP contribution in [0.2, 0.25) is 10.0 Å². The summed E-state index contributed by atoms with van der Waals surface area (Å²) in [6, 6.07) is 7.33. The van der Waals surface area contributed by atoms with Gasteiger partial charge in [0.15, 0.2) is 12.4 Å². The van der Waals surface area contributed by atoms with Crippen molar-refractivity contribution in [2.75, 3.05) is 6.54 Å². The highest BCUT2D eigenvalue weighted by Crippen LogP contribution is 2.29. The number of hydrogen-bond acceptors (Lipinski definition) is 4. The van der Waals surface area contributed by atoms with E-state index in [9.17, 15) is 18.0 Å². The Morgan fingerprint density at radius 1 is 1.19 bits per heavy atom. The molecular weight excluding hydrogens is 458 g/mol. The number of carbonyl (C=O) groups is 1. The molecule has 3 rings (SSSR count). The van der Waals surface area contributed by atoms with Crippen molar-refractivity contribution in [3.8, 4) is 5.75 Å². The van der Waals surface area contributed by atoms with E-state index in [2.05, 4.69) is 15.5 Å². The van der Waals surface area contributed by atoms with Crippen LogP contribution in [0.25, 0.3) is 0 Å². The number of halogens is 5. The first-order chi connectivity index (χ1) is 14.6. The number of amides is 1. The molecule has 0 spiro atoms. The Morgan fingerprint density at radius 3 is 2.65 bits per heavy atom. The van der Waals surface area contributed by atoms with E-state index in [1.54, 1.807) is 31.3 Å². The molecule has 1 N–H and O–H groups in total. The maximum absolute atomic E-state index is 12.7. The fraction of sp³-hybridized carbons (Fsp3) is 0.316. The van der Waals surface area contributed by atoms with Crippen molar-refractivity contribution in [1.82, 2.24) is 24.9 Å². The first-order valence-corrected chi connectivity index (χ1v) is 9.90. The van der Waals surface area contributed by atoms with Gasteiger partial charge in [0.05, 0.1) is 5.02 Å². The fourth-order valence-corrected chi connectivity index (χ4v) is 3.14. The molecule has 31 heavy (non-hydrogen) atoms. The minimum atomic E-state index is -4.48. The lowest BCUT2D eigenvalue weighted by atomic mass is 10.3. The first-order valence-electron chi connectivity index (χ1n) is 9.14. The molecule has 0 fully saturated rings. The van der Waals surface area contributed by atoms with E-state index in [0.717, 1.165) is 6.07 Å². The van der Waals surface area contributed by atoms with Crippen LogP contribution in [-0.2, 0) is 19.5 Å². The van der Waals surface area contributed by atoms with Crippen molar-refractivity contribution in [3.63, 3.8) is 0 Å². The third kappa shape index (κ3) is 6.14. The second-order valence-corrected chi connectivity index (χ2v) is 7.43. The van der Waals surface area contributed by atoms with E-state index in [4.69, 9.17) is 27.9 Å². The second-order valence-electron chi connectivity index (χ2n) is 6.59. The number of rotatable bonds is 8. The van der Waals surface area contributed by atoms with Gasteiger partial charge in [0.2, 0.25) is 0 Å². The molecule has 0 aliphatic rings. The number of alkyl halides is 3. The Labute approximate surface area is 185 Å². The third-order valence-corrected chi connectivity index (χ3v) is 4.75. The molecule has 0 saturated carbocycles. The summed E-state index contributed by atoms with van der Waals surface area (Å²) in [6.45, 7) is 2.08. The van der Waals surface area contributed by atoms with Gasteiger partial charge in [0.25, 0.3) is 5.91 Å². The van der Waals surface area contributed by atoms with E-state index in [0.29, 0.717) is 27.9 Å². The quantitative estimate of drug-likeness (QED) is 0.484. The lowest BCUT2D eigenvalue weighted by molar-refractivity contribution is -0.141. The Hall–Kier alpha value is -2.72. The molecule has 0 aliphatic carbocycles. The number of ether oxygens (including phenoxy) is 1. The van der Waals surface area contributed by atoms with Gasteiger partial charge in [-0.05, 0) is 43.7 Å². The molecule has 0 radical (unpaired) electrons. The van der Waals surface area contributed by atoms with Crippen molar-refractivity contribution in [2.24, 2.45) is 0 Å². The average Bonchev–Trinajstić information content (AvgIpc) is 3.31. The highest BCUT2D eigenvalue weighted by molar-refractivity contribution is 6.35. The summed E-state index contributed by atoms with van der Waals surface area (Å²) in [5.74, 6) is 0.0200. The van der Waals surface area contributed by atoms with E-state index in [1.807, 2.05) is 0 Å². The lowest BCUT2D eigenvalue weighted by Crippen LogP contribution is -2.26. The van der Waals surface area contributed by atoms with Gasteiger partial charge in [-0.3, -0.25) is 9.48 Å². The van der Waals surface area contributed by atoms with Gasteiger partial charge in [0.1, 0.15) is 11.4 Å². The summed E-state index contributed by atoms with van der Waals surface area (Å²) >= 11 is 11.9. The monoisotopic (exact) mass is 475 g/mol. The molecule has 2 aromatic heterocycles. The van der Waals surface area contributed by atoms with E-state index in [1.165, 1.54) is 15.4 Å². The van der Waals surface area contributed by atoms with Crippen molar-refractivity contribution < 1.29 is 22.7 Å². The number of aryl methyl sites for hydroxylation is 2. The zero-order valence-electron chi connectivity index (χ0n) is 16.3. The van der Waals surface area contributed by atoms with Crippen molar-refractivity contribution in [1.29, 1.82) is 0 Å². The molecule has 0 unspecified atom stereocenters. The number of carbonyl (C=O) groups excluding carboxylic acids is 1. The van der Waals surface area contributed by atoms with Gasteiger partial charge in [-0.15, -0.1) is 0 Å². The Bertz CT molecular complexity index is 1070. The predicted molar refractivity (Wildman–Crippen MR) is 108 cm³/mol. The highest BCUT2D eigenvalue weighted by Gasteiger charge is 2.34. The smallest absolute Gasteiger partial charge is 0.435 e. The summed E-state index contributed by atoms with van der Waals surface area (Å²) in [4.78, 5) is 12.2. The number of hydrogen-bond donors (Lipinski definition) is 1. The van der Waals surface area contributed by atoms with Gasteiger partial charge in [-0.25, -0.2) is 4.68 Å². The van der Waals surface area contributed by atoms with Crippen LogP contribution in [0.3, 0.4) is 0 Å². The van der Waals surface area contributed by atoms with Gasteiger partial charge in [0, 0.05) is 30.0 Å². The second kappa shape index (κ2) is 9.61. The van der Waals surface area contributed by atoms with Gasteiger partial charge >= 0.3 is 6.18 Å². The molecule has 7 nitrogen and oxygen atoms in total. The SMILES string of the molecule is Cc1cc(C(F)(F)F)nn1CCCNC(=O)c1ccn(COc2ccc(Cl)cc2Cl)n1. The predicted octanol–water partition coefficient (Wildman–Crippen LogP) is 4.57. The molecule has 166 valence electrons. The van der Waals surface area contributed by atoms with Crippen LogP contribution in [0.1, 0.15) is 28.3 Å². The zero-order valence-corrected chi connectivity index (χ0v) is 17.8. The van der Waals surface area contributed by atoms with Gasteiger partial charge < -0.3 is 10.1 Å². The number of benzene rings is 1. The standard InChI is InChI=1S/C19H18Cl2F3N5O2/c1-12-9-17(19(22,23)24)27-29(12)7-2-6-25-18(30)15-5-8-28(26-15)11-31-16-4-3-13(20)10-14(16)21/h3-5,8-10H,2,6-7,11H2,1H3,(H,25,30). The molecule has 1 amide bonds. The largest absolute Gasteiger partial charge is 0.470 e. The maximum atomic E-state index is 12.7. The van der Waals surface area contributed by atoms with Crippen LogP contribution in [0, 0.1) is 6.92 Å². The first kappa shape index (κ1) is 23.0. The summed E-state index contributed by atoms with van der Waals surface area (Å²) in [5.41, 5.74) is -0.347. The van der Waals surface area contributed by atoms with E-state index < -0.39 is 17.8 Å². The van der Waals surface area contributed by atoms with E-state index >= 15 is 0 Å². The van der Waals surface area contributed by atoms with Crippen molar-refractivity contribution in [2.45, 2.75) is 32.8 Å². The fourth-order valence-electron chi connectivity index (χ4n) is 2.68. The van der Waals surface area contributed by atoms with E-state index in [-0.39, 0.29) is 25.5 Å². The summed E-state index contributed by atoms with van der Waals surface area (Å²) in [7, 11) is 0. The van der Waals surface area contributed by atoms with Crippen molar-refractivity contribution >= 4 is 29.1 Å². The topological polar surface area (TPSA) is 74.0 Å².